The summed E-state index contributed by atoms with van der Waals surface area (Å²) in [6.07, 6.45) is 6.26. The molecule has 0 bridgehead atoms. The number of aromatic nitrogens is 2. The van der Waals surface area contributed by atoms with Crippen LogP contribution in [0.3, 0.4) is 0 Å². The fourth-order valence-corrected chi connectivity index (χ4v) is 4.19. The SMILES string of the molecule is c1cncc(CN2CCCC2c2nc3ccccc3s2)c1. The number of rotatable bonds is 3. The Morgan fingerprint density at radius 2 is 2.14 bits per heavy atom. The maximum Gasteiger partial charge on any atom is 0.111 e. The van der Waals surface area contributed by atoms with E-state index in [4.69, 9.17) is 4.98 Å². The molecule has 0 aliphatic carbocycles. The second-order valence-corrected chi connectivity index (χ2v) is 6.57. The maximum atomic E-state index is 4.85. The molecule has 2 aromatic heterocycles. The van der Waals surface area contributed by atoms with Gasteiger partial charge < -0.3 is 0 Å². The molecule has 0 saturated carbocycles. The molecule has 1 aliphatic rings. The van der Waals surface area contributed by atoms with Crippen LogP contribution in [0.15, 0.2) is 48.8 Å². The molecule has 106 valence electrons. The second kappa shape index (κ2) is 5.54. The summed E-state index contributed by atoms with van der Waals surface area (Å²) in [6, 6.07) is 13.0. The number of thiazole rings is 1. The van der Waals surface area contributed by atoms with Crippen LogP contribution in [-0.4, -0.2) is 21.4 Å². The lowest BCUT2D eigenvalue weighted by molar-refractivity contribution is 0.248. The molecule has 4 rings (SSSR count). The Morgan fingerprint density at radius 3 is 3.00 bits per heavy atom. The van der Waals surface area contributed by atoms with E-state index in [9.17, 15) is 0 Å². The van der Waals surface area contributed by atoms with Gasteiger partial charge in [-0.3, -0.25) is 9.88 Å². The van der Waals surface area contributed by atoms with Crippen molar-refractivity contribution in [3.05, 3.63) is 59.4 Å². The van der Waals surface area contributed by atoms with Gasteiger partial charge in [-0.05, 0) is 43.1 Å². The van der Waals surface area contributed by atoms with Crippen LogP contribution >= 0.6 is 11.3 Å². The number of hydrogen-bond acceptors (Lipinski definition) is 4. The highest BCUT2D eigenvalue weighted by Crippen LogP contribution is 2.37. The van der Waals surface area contributed by atoms with Gasteiger partial charge in [0.1, 0.15) is 5.01 Å². The number of nitrogens with zero attached hydrogens (tertiary/aromatic N) is 3. The molecule has 3 heterocycles. The van der Waals surface area contributed by atoms with Gasteiger partial charge in [-0.1, -0.05) is 18.2 Å². The van der Waals surface area contributed by atoms with Crippen molar-refractivity contribution in [2.45, 2.75) is 25.4 Å². The summed E-state index contributed by atoms with van der Waals surface area (Å²) in [5.41, 5.74) is 2.41. The van der Waals surface area contributed by atoms with E-state index in [0.29, 0.717) is 6.04 Å². The van der Waals surface area contributed by atoms with Crippen molar-refractivity contribution < 1.29 is 0 Å². The molecule has 3 aromatic rings. The Kier molecular flexibility index (Phi) is 3.41. The molecule has 0 amide bonds. The largest absolute Gasteiger partial charge is 0.290 e. The molecule has 4 heteroatoms. The molecule has 0 N–H and O–H groups in total. The summed E-state index contributed by atoms with van der Waals surface area (Å²) in [4.78, 5) is 11.6. The zero-order valence-electron chi connectivity index (χ0n) is 11.8. The van der Waals surface area contributed by atoms with Crippen LogP contribution in [-0.2, 0) is 6.54 Å². The summed E-state index contributed by atoms with van der Waals surface area (Å²) in [6.45, 7) is 2.11. The molecule has 1 fully saturated rings. The minimum absolute atomic E-state index is 0.461. The van der Waals surface area contributed by atoms with E-state index in [1.54, 1.807) is 0 Å². The van der Waals surface area contributed by atoms with Gasteiger partial charge in [-0.2, -0.15) is 0 Å². The third-order valence-electron chi connectivity index (χ3n) is 4.07. The lowest BCUT2D eigenvalue weighted by Gasteiger charge is -2.22. The number of hydrogen-bond donors (Lipinski definition) is 0. The van der Waals surface area contributed by atoms with E-state index in [-0.39, 0.29) is 0 Å². The van der Waals surface area contributed by atoms with Gasteiger partial charge >= 0.3 is 0 Å². The summed E-state index contributed by atoms with van der Waals surface area (Å²) in [5.74, 6) is 0. The molecular formula is C17H17N3S. The van der Waals surface area contributed by atoms with Crippen molar-refractivity contribution >= 4 is 21.6 Å². The first-order chi connectivity index (χ1) is 10.4. The zero-order chi connectivity index (χ0) is 14.1. The van der Waals surface area contributed by atoms with Crippen molar-refractivity contribution in [3.63, 3.8) is 0 Å². The molecule has 1 aromatic carbocycles. The van der Waals surface area contributed by atoms with Crippen LogP contribution in [0.5, 0.6) is 0 Å². The molecule has 0 spiro atoms. The number of likely N-dealkylation sites (tertiary alicyclic amines) is 1. The fraction of sp³-hybridized carbons (Fsp3) is 0.294. The molecule has 1 aliphatic heterocycles. The predicted molar refractivity (Wildman–Crippen MR) is 86.2 cm³/mol. The van der Waals surface area contributed by atoms with Crippen molar-refractivity contribution in [1.29, 1.82) is 0 Å². The maximum absolute atomic E-state index is 4.85. The van der Waals surface area contributed by atoms with E-state index >= 15 is 0 Å². The summed E-state index contributed by atoms with van der Waals surface area (Å²) in [5, 5.41) is 1.26. The number of fused-ring (bicyclic) bond motifs is 1. The van der Waals surface area contributed by atoms with E-state index in [0.717, 1.165) is 18.6 Å². The lowest BCUT2D eigenvalue weighted by Crippen LogP contribution is -2.22. The van der Waals surface area contributed by atoms with Crippen molar-refractivity contribution in [3.8, 4) is 0 Å². The van der Waals surface area contributed by atoms with Gasteiger partial charge in [0.25, 0.3) is 0 Å². The Bertz CT molecular complexity index is 705. The highest BCUT2D eigenvalue weighted by Gasteiger charge is 2.28. The Balaban J connectivity index is 1.61. The monoisotopic (exact) mass is 295 g/mol. The fourth-order valence-electron chi connectivity index (χ4n) is 3.05. The van der Waals surface area contributed by atoms with E-state index < -0.39 is 0 Å². The van der Waals surface area contributed by atoms with Crippen LogP contribution in [0, 0.1) is 0 Å². The van der Waals surface area contributed by atoms with Gasteiger partial charge in [0.2, 0.25) is 0 Å². The van der Waals surface area contributed by atoms with Crippen LogP contribution in [0.1, 0.15) is 29.5 Å². The molecule has 1 atom stereocenters. The Morgan fingerprint density at radius 1 is 1.19 bits per heavy atom. The number of para-hydroxylation sites is 1. The third kappa shape index (κ3) is 2.57. The normalized spacial score (nSPS) is 19.3. The lowest BCUT2D eigenvalue weighted by atomic mass is 10.2. The smallest absolute Gasteiger partial charge is 0.111 e. The number of pyridine rings is 1. The topological polar surface area (TPSA) is 29.0 Å². The second-order valence-electron chi connectivity index (χ2n) is 5.51. The van der Waals surface area contributed by atoms with Crippen molar-refractivity contribution in [2.24, 2.45) is 0 Å². The Hall–Kier alpha value is -1.78. The van der Waals surface area contributed by atoms with Gasteiger partial charge in [0, 0.05) is 18.9 Å². The van der Waals surface area contributed by atoms with Crippen LogP contribution in [0.4, 0.5) is 0 Å². The molecule has 3 nitrogen and oxygen atoms in total. The molecule has 0 radical (unpaired) electrons. The highest BCUT2D eigenvalue weighted by molar-refractivity contribution is 7.18. The van der Waals surface area contributed by atoms with E-state index in [1.807, 2.05) is 29.8 Å². The average Bonchev–Trinajstić information content (AvgIpc) is 3.14. The standard InChI is InChI=1S/C17H17N3S/c1-2-8-16-14(6-1)19-17(21-16)15-7-4-10-20(15)12-13-5-3-9-18-11-13/h1-3,5-6,8-9,11,15H,4,7,10,12H2. The first kappa shape index (κ1) is 12.9. The van der Waals surface area contributed by atoms with Gasteiger partial charge in [-0.15, -0.1) is 11.3 Å². The summed E-state index contributed by atoms with van der Waals surface area (Å²) < 4.78 is 1.29. The minimum atomic E-state index is 0.461. The minimum Gasteiger partial charge on any atom is -0.290 e. The van der Waals surface area contributed by atoms with Crippen LogP contribution < -0.4 is 0 Å². The van der Waals surface area contributed by atoms with Crippen molar-refractivity contribution in [1.82, 2.24) is 14.9 Å². The summed E-state index contributed by atoms with van der Waals surface area (Å²) >= 11 is 1.84. The van der Waals surface area contributed by atoms with E-state index in [1.165, 1.54) is 28.1 Å². The molecule has 21 heavy (non-hydrogen) atoms. The quantitative estimate of drug-likeness (QED) is 0.730. The molecule has 1 unspecified atom stereocenters. The highest BCUT2D eigenvalue weighted by atomic mass is 32.1. The first-order valence-corrected chi connectivity index (χ1v) is 8.20. The van der Waals surface area contributed by atoms with Gasteiger partial charge in [0.05, 0.1) is 16.3 Å². The number of benzene rings is 1. The molecular weight excluding hydrogens is 278 g/mol. The summed E-state index contributed by atoms with van der Waals surface area (Å²) in [7, 11) is 0. The van der Waals surface area contributed by atoms with Gasteiger partial charge in [0.15, 0.2) is 0 Å². The Labute approximate surface area is 128 Å². The van der Waals surface area contributed by atoms with E-state index in [2.05, 4.69) is 40.2 Å². The molecule has 1 saturated heterocycles. The first-order valence-electron chi connectivity index (χ1n) is 7.38. The zero-order valence-corrected chi connectivity index (χ0v) is 12.6. The van der Waals surface area contributed by atoms with Gasteiger partial charge in [-0.25, -0.2) is 4.98 Å². The van der Waals surface area contributed by atoms with Crippen molar-refractivity contribution in [2.75, 3.05) is 6.54 Å². The third-order valence-corrected chi connectivity index (χ3v) is 5.21. The average molecular weight is 295 g/mol. The van der Waals surface area contributed by atoms with Crippen LogP contribution in [0.25, 0.3) is 10.2 Å². The predicted octanol–water partition coefficient (Wildman–Crippen LogP) is 4.03. The van der Waals surface area contributed by atoms with Crippen LogP contribution in [0.2, 0.25) is 0 Å².